The highest BCUT2D eigenvalue weighted by Crippen LogP contribution is 2.30. The van der Waals surface area contributed by atoms with E-state index >= 15 is 0 Å². The molecule has 1 atom stereocenters. The van der Waals surface area contributed by atoms with E-state index < -0.39 is 5.54 Å². The number of benzene rings is 3. The Morgan fingerprint density at radius 2 is 1.60 bits per heavy atom. The minimum atomic E-state index is -0.896. The number of piperidine rings is 1. The third-order valence-corrected chi connectivity index (χ3v) is 6.63. The molecule has 7 heteroatoms. The Bertz CT molecular complexity index is 1230. The Morgan fingerprint density at radius 3 is 2.37 bits per heavy atom. The quantitative estimate of drug-likeness (QED) is 0.536. The van der Waals surface area contributed by atoms with Gasteiger partial charge in [0.1, 0.15) is 5.54 Å². The molecule has 0 aromatic heterocycles. The minimum absolute atomic E-state index is 0.123. The van der Waals surface area contributed by atoms with Crippen molar-refractivity contribution < 1.29 is 14.4 Å². The second-order valence-corrected chi connectivity index (χ2v) is 9.22. The van der Waals surface area contributed by atoms with Crippen LogP contribution < -0.4 is 10.6 Å². The van der Waals surface area contributed by atoms with Crippen LogP contribution in [0.4, 0.5) is 10.5 Å². The number of amides is 4. The van der Waals surface area contributed by atoms with Crippen LogP contribution in [0.1, 0.15) is 34.3 Å². The van der Waals surface area contributed by atoms with Crippen molar-refractivity contribution in [2.75, 3.05) is 18.4 Å². The smallest absolute Gasteiger partial charge is 0.322 e. The number of anilines is 1. The number of rotatable bonds is 6. The first-order chi connectivity index (χ1) is 17.0. The van der Waals surface area contributed by atoms with Gasteiger partial charge in [0, 0.05) is 24.3 Å². The molecule has 35 heavy (non-hydrogen) atoms. The van der Waals surface area contributed by atoms with E-state index in [-0.39, 0.29) is 24.4 Å². The molecule has 1 spiro atoms. The molecular weight excluding hydrogens is 440 g/mol. The summed E-state index contributed by atoms with van der Waals surface area (Å²) < 4.78 is 0. The van der Waals surface area contributed by atoms with Crippen molar-refractivity contribution in [1.82, 2.24) is 15.1 Å². The summed E-state index contributed by atoms with van der Waals surface area (Å²) in [5, 5.41) is 5.86. The number of carbonyl (C=O) groups is 3. The molecular formula is C28H28N4O3. The molecule has 2 aliphatic heterocycles. The molecule has 4 amide bonds. The standard InChI is InChI=1S/C28H28N4O3/c33-25(29-24-13-5-2-6-14-24)23-12-7-11-22(17-23)19-32-26(34)28(30-27(32)35)15-8-16-31(20-28)18-21-9-3-1-4-10-21/h1-7,9-14,17H,8,15-16,18-20H2,(H,29,33)(H,30,35). The molecule has 2 fully saturated rings. The van der Waals surface area contributed by atoms with Crippen LogP contribution in [0.25, 0.3) is 0 Å². The maximum Gasteiger partial charge on any atom is 0.325 e. The van der Waals surface area contributed by atoms with Gasteiger partial charge < -0.3 is 10.6 Å². The van der Waals surface area contributed by atoms with Crippen LogP contribution in [0.15, 0.2) is 84.9 Å². The molecule has 1 unspecified atom stereocenters. The fourth-order valence-corrected chi connectivity index (χ4v) is 4.94. The molecule has 5 rings (SSSR count). The largest absolute Gasteiger partial charge is 0.325 e. The van der Waals surface area contributed by atoms with Crippen LogP contribution in [0.5, 0.6) is 0 Å². The van der Waals surface area contributed by atoms with Crippen LogP contribution in [0.3, 0.4) is 0 Å². The van der Waals surface area contributed by atoms with Crippen LogP contribution in [-0.2, 0) is 17.9 Å². The van der Waals surface area contributed by atoms with Crippen molar-refractivity contribution in [3.05, 3.63) is 102 Å². The van der Waals surface area contributed by atoms with Gasteiger partial charge in [-0.2, -0.15) is 0 Å². The summed E-state index contributed by atoms with van der Waals surface area (Å²) >= 11 is 0. The maximum atomic E-state index is 13.5. The van der Waals surface area contributed by atoms with Crippen LogP contribution in [0, 0.1) is 0 Å². The Kier molecular flexibility index (Phi) is 6.33. The second kappa shape index (κ2) is 9.72. The molecule has 0 radical (unpaired) electrons. The van der Waals surface area contributed by atoms with Gasteiger partial charge in [0.25, 0.3) is 11.8 Å². The number of imide groups is 1. The third-order valence-electron chi connectivity index (χ3n) is 6.63. The van der Waals surface area contributed by atoms with Gasteiger partial charge in [-0.1, -0.05) is 60.7 Å². The van der Waals surface area contributed by atoms with Crippen molar-refractivity contribution in [3.8, 4) is 0 Å². The Balaban J connectivity index is 1.27. The number of hydrogen-bond acceptors (Lipinski definition) is 4. The average molecular weight is 469 g/mol. The van der Waals surface area contributed by atoms with E-state index in [2.05, 4.69) is 27.7 Å². The zero-order valence-corrected chi connectivity index (χ0v) is 19.4. The van der Waals surface area contributed by atoms with Crippen LogP contribution >= 0.6 is 0 Å². The molecule has 7 nitrogen and oxygen atoms in total. The molecule has 2 heterocycles. The van der Waals surface area contributed by atoms with Gasteiger partial charge in [0.05, 0.1) is 6.54 Å². The number of carbonyl (C=O) groups excluding carboxylic acids is 3. The SMILES string of the molecule is O=C(Nc1ccccc1)c1cccc(CN2C(=O)NC3(CCCN(Cc4ccccc4)C3)C2=O)c1. The van der Waals surface area contributed by atoms with Gasteiger partial charge in [-0.15, -0.1) is 0 Å². The predicted octanol–water partition coefficient (Wildman–Crippen LogP) is 4.03. The summed E-state index contributed by atoms with van der Waals surface area (Å²) in [6.45, 7) is 2.24. The first kappa shape index (κ1) is 22.8. The van der Waals surface area contributed by atoms with Crippen LogP contribution in [-0.4, -0.2) is 46.3 Å². The number of para-hydroxylation sites is 1. The van der Waals surface area contributed by atoms with E-state index in [9.17, 15) is 14.4 Å². The summed E-state index contributed by atoms with van der Waals surface area (Å²) in [5.41, 5.74) is 2.19. The van der Waals surface area contributed by atoms with Gasteiger partial charge in [0.2, 0.25) is 0 Å². The number of urea groups is 1. The Hall–Kier alpha value is -3.97. The lowest BCUT2D eigenvalue weighted by Crippen LogP contribution is -2.58. The maximum absolute atomic E-state index is 13.5. The lowest BCUT2D eigenvalue weighted by atomic mass is 9.88. The molecule has 0 bridgehead atoms. The third kappa shape index (κ3) is 4.95. The van der Waals surface area contributed by atoms with Gasteiger partial charge in [-0.05, 0) is 54.8 Å². The van der Waals surface area contributed by atoms with E-state index in [0.29, 0.717) is 24.2 Å². The summed E-state index contributed by atoms with van der Waals surface area (Å²) in [7, 11) is 0. The van der Waals surface area contributed by atoms with Gasteiger partial charge in [-0.25, -0.2) is 4.79 Å². The molecule has 0 saturated carbocycles. The fraction of sp³-hybridized carbons (Fsp3) is 0.250. The highest BCUT2D eigenvalue weighted by atomic mass is 16.2. The highest BCUT2D eigenvalue weighted by Gasteiger charge is 2.52. The van der Waals surface area contributed by atoms with Crippen molar-refractivity contribution >= 4 is 23.5 Å². The Morgan fingerprint density at radius 1 is 0.886 bits per heavy atom. The molecule has 3 aromatic rings. The molecule has 2 saturated heterocycles. The molecule has 2 N–H and O–H groups in total. The zero-order chi connectivity index (χ0) is 24.3. The van der Waals surface area contributed by atoms with Crippen molar-refractivity contribution in [1.29, 1.82) is 0 Å². The first-order valence-corrected chi connectivity index (χ1v) is 11.9. The van der Waals surface area contributed by atoms with E-state index in [1.165, 1.54) is 10.5 Å². The van der Waals surface area contributed by atoms with Crippen LogP contribution in [0.2, 0.25) is 0 Å². The van der Waals surface area contributed by atoms with E-state index in [4.69, 9.17) is 0 Å². The topological polar surface area (TPSA) is 81.8 Å². The van der Waals surface area contributed by atoms with E-state index in [1.54, 1.807) is 18.2 Å². The second-order valence-electron chi connectivity index (χ2n) is 9.22. The number of nitrogens with one attached hydrogen (secondary N) is 2. The first-order valence-electron chi connectivity index (χ1n) is 11.9. The van der Waals surface area contributed by atoms with Gasteiger partial charge >= 0.3 is 6.03 Å². The zero-order valence-electron chi connectivity index (χ0n) is 19.4. The predicted molar refractivity (Wildman–Crippen MR) is 134 cm³/mol. The summed E-state index contributed by atoms with van der Waals surface area (Å²) in [6.07, 6.45) is 1.46. The number of nitrogens with zero attached hydrogens (tertiary/aromatic N) is 2. The summed E-state index contributed by atoms with van der Waals surface area (Å²) in [4.78, 5) is 42.6. The number of hydrogen-bond donors (Lipinski definition) is 2. The van der Waals surface area contributed by atoms with E-state index in [0.717, 1.165) is 25.1 Å². The van der Waals surface area contributed by atoms with Gasteiger partial charge in [0.15, 0.2) is 0 Å². The average Bonchev–Trinajstić information content (AvgIpc) is 3.09. The van der Waals surface area contributed by atoms with E-state index in [1.807, 2.05) is 54.6 Å². The molecule has 2 aliphatic rings. The van der Waals surface area contributed by atoms with Crippen molar-refractivity contribution in [2.45, 2.75) is 31.5 Å². The molecule has 3 aromatic carbocycles. The molecule has 178 valence electrons. The van der Waals surface area contributed by atoms with Crippen molar-refractivity contribution in [3.63, 3.8) is 0 Å². The minimum Gasteiger partial charge on any atom is -0.322 e. The monoisotopic (exact) mass is 468 g/mol. The highest BCUT2D eigenvalue weighted by molar-refractivity contribution is 6.07. The number of likely N-dealkylation sites (tertiary alicyclic amines) is 1. The normalized spacial score (nSPS) is 20.2. The Labute approximate surface area is 204 Å². The fourth-order valence-electron chi connectivity index (χ4n) is 4.94. The lowest BCUT2D eigenvalue weighted by molar-refractivity contribution is -0.133. The molecule has 0 aliphatic carbocycles. The van der Waals surface area contributed by atoms with Crippen molar-refractivity contribution in [2.24, 2.45) is 0 Å². The summed E-state index contributed by atoms with van der Waals surface area (Å²) in [5.74, 6) is -0.435. The lowest BCUT2D eigenvalue weighted by Gasteiger charge is -2.38. The summed E-state index contributed by atoms with van der Waals surface area (Å²) in [6, 6.07) is 26.0. The van der Waals surface area contributed by atoms with Gasteiger partial charge in [-0.3, -0.25) is 19.4 Å².